The third-order valence-electron chi connectivity index (χ3n) is 2.84. The molecule has 0 atom stereocenters. The molecule has 3 aromatic rings. The van der Waals surface area contributed by atoms with Gasteiger partial charge in [-0.15, -0.1) is 0 Å². The van der Waals surface area contributed by atoms with Crippen LogP contribution in [0.2, 0.25) is 15.1 Å². The number of nitrogens with one attached hydrogen (secondary N) is 1. The Labute approximate surface area is 153 Å². The standard InChI is InChI=1S/C14H6BrCl3N2OS/c15-6-1-2-8(16)7(5-6)13(21)20-14-19-11-9(17)3-4-10(18)12(11)22-14/h1-5H,(H,19,20,21). The average Bonchev–Trinajstić information content (AvgIpc) is 2.90. The van der Waals surface area contributed by atoms with Gasteiger partial charge < -0.3 is 0 Å². The molecule has 1 amide bonds. The number of aromatic nitrogens is 1. The summed E-state index contributed by atoms with van der Waals surface area (Å²) < 4.78 is 1.49. The smallest absolute Gasteiger partial charge is 0.258 e. The lowest BCUT2D eigenvalue weighted by atomic mass is 10.2. The van der Waals surface area contributed by atoms with Crippen LogP contribution in [0.25, 0.3) is 10.2 Å². The van der Waals surface area contributed by atoms with Gasteiger partial charge in [0.15, 0.2) is 5.13 Å². The number of fused-ring (bicyclic) bond motifs is 1. The maximum absolute atomic E-state index is 12.3. The summed E-state index contributed by atoms with van der Waals surface area (Å²) >= 11 is 22.8. The molecule has 3 rings (SSSR count). The first-order valence-electron chi connectivity index (χ1n) is 5.96. The van der Waals surface area contributed by atoms with Crippen molar-refractivity contribution in [3.05, 3.63) is 55.4 Å². The molecule has 1 aromatic heterocycles. The minimum Gasteiger partial charge on any atom is -0.298 e. The Kier molecular flexibility index (Phi) is 4.61. The predicted octanol–water partition coefficient (Wildman–Crippen LogP) is 6.27. The Balaban J connectivity index is 1.96. The van der Waals surface area contributed by atoms with Gasteiger partial charge in [-0.3, -0.25) is 10.1 Å². The molecule has 1 heterocycles. The van der Waals surface area contributed by atoms with Crippen LogP contribution in [0, 0.1) is 0 Å². The Bertz CT molecular complexity index is 858. The maximum atomic E-state index is 12.3. The van der Waals surface area contributed by atoms with Crippen molar-refractivity contribution in [1.82, 2.24) is 4.98 Å². The molecule has 0 fully saturated rings. The lowest BCUT2D eigenvalue weighted by Gasteiger charge is -2.04. The van der Waals surface area contributed by atoms with Gasteiger partial charge in [0.05, 0.1) is 25.3 Å². The molecule has 0 aliphatic carbocycles. The molecule has 112 valence electrons. The predicted molar refractivity (Wildman–Crippen MR) is 96.7 cm³/mol. The number of carbonyl (C=O) groups excluding carboxylic acids is 1. The van der Waals surface area contributed by atoms with E-state index in [4.69, 9.17) is 34.8 Å². The fourth-order valence-electron chi connectivity index (χ4n) is 1.83. The van der Waals surface area contributed by atoms with Crippen molar-refractivity contribution >= 4 is 83.3 Å². The zero-order valence-electron chi connectivity index (χ0n) is 10.7. The van der Waals surface area contributed by atoms with Crippen molar-refractivity contribution < 1.29 is 4.79 Å². The minimum atomic E-state index is -0.349. The van der Waals surface area contributed by atoms with Crippen LogP contribution in [0.3, 0.4) is 0 Å². The average molecular weight is 437 g/mol. The van der Waals surface area contributed by atoms with Crippen molar-refractivity contribution in [2.24, 2.45) is 0 Å². The fourth-order valence-corrected chi connectivity index (χ4v) is 3.81. The fraction of sp³-hybridized carbons (Fsp3) is 0. The molecule has 0 aliphatic rings. The van der Waals surface area contributed by atoms with E-state index in [1.165, 1.54) is 11.3 Å². The molecule has 1 N–H and O–H groups in total. The van der Waals surface area contributed by atoms with Gasteiger partial charge in [-0.25, -0.2) is 4.98 Å². The topological polar surface area (TPSA) is 42.0 Å². The molecule has 0 spiro atoms. The number of hydrogen-bond donors (Lipinski definition) is 1. The number of thiazole rings is 1. The number of carbonyl (C=O) groups is 1. The molecule has 0 unspecified atom stereocenters. The number of hydrogen-bond acceptors (Lipinski definition) is 3. The number of rotatable bonds is 2. The second kappa shape index (κ2) is 6.34. The third kappa shape index (κ3) is 3.09. The summed E-state index contributed by atoms with van der Waals surface area (Å²) in [6.07, 6.45) is 0. The van der Waals surface area contributed by atoms with E-state index in [2.05, 4.69) is 26.2 Å². The van der Waals surface area contributed by atoms with E-state index in [0.717, 1.165) is 9.17 Å². The summed E-state index contributed by atoms with van der Waals surface area (Å²) in [7, 11) is 0. The Morgan fingerprint density at radius 3 is 2.50 bits per heavy atom. The highest BCUT2D eigenvalue weighted by molar-refractivity contribution is 9.10. The van der Waals surface area contributed by atoms with Crippen LogP contribution in [-0.4, -0.2) is 10.9 Å². The Morgan fingerprint density at radius 1 is 1.09 bits per heavy atom. The van der Waals surface area contributed by atoms with E-state index in [1.54, 1.807) is 30.3 Å². The van der Waals surface area contributed by atoms with E-state index < -0.39 is 0 Å². The SMILES string of the molecule is O=C(Nc1nc2c(Cl)ccc(Cl)c2s1)c1cc(Br)ccc1Cl. The van der Waals surface area contributed by atoms with Gasteiger partial charge in [0.25, 0.3) is 5.91 Å². The zero-order valence-corrected chi connectivity index (χ0v) is 15.3. The van der Waals surface area contributed by atoms with Crippen LogP contribution in [0.1, 0.15) is 10.4 Å². The Hall–Kier alpha value is -0.850. The monoisotopic (exact) mass is 434 g/mol. The van der Waals surface area contributed by atoms with Gasteiger partial charge >= 0.3 is 0 Å². The largest absolute Gasteiger partial charge is 0.298 e. The second-order valence-electron chi connectivity index (χ2n) is 4.30. The van der Waals surface area contributed by atoms with Gasteiger partial charge in [-0.1, -0.05) is 62.1 Å². The van der Waals surface area contributed by atoms with Crippen LogP contribution in [-0.2, 0) is 0 Å². The van der Waals surface area contributed by atoms with Crippen LogP contribution < -0.4 is 5.32 Å². The van der Waals surface area contributed by atoms with E-state index in [9.17, 15) is 4.79 Å². The molecule has 22 heavy (non-hydrogen) atoms. The molecule has 0 bridgehead atoms. The molecule has 2 aromatic carbocycles. The molecular weight excluding hydrogens is 430 g/mol. The van der Waals surface area contributed by atoms with Crippen molar-refractivity contribution in [1.29, 1.82) is 0 Å². The summed E-state index contributed by atoms with van der Waals surface area (Å²) in [5.74, 6) is -0.349. The molecule has 3 nitrogen and oxygen atoms in total. The molecule has 0 saturated heterocycles. The van der Waals surface area contributed by atoms with Gasteiger partial charge in [0, 0.05) is 4.47 Å². The highest BCUT2D eigenvalue weighted by atomic mass is 79.9. The van der Waals surface area contributed by atoms with Crippen molar-refractivity contribution in [2.75, 3.05) is 5.32 Å². The van der Waals surface area contributed by atoms with Crippen LogP contribution >= 0.6 is 62.1 Å². The summed E-state index contributed by atoms with van der Waals surface area (Å²) in [6.45, 7) is 0. The molecule has 0 saturated carbocycles. The van der Waals surface area contributed by atoms with E-state index in [1.807, 2.05) is 0 Å². The van der Waals surface area contributed by atoms with E-state index in [0.29, 0.717) is 31.3 Å². The summed E-state index contributed by atoms with van der Waals surface area (Å²) in [4.78, 5) is 16.6. The molecular formula is C14H6BrCl3N2OS. The number of benzene rings is 2. The first-order valence-corrected chi connectivity index (χ1v) is 8.71. The zero-order chi connectivity index (χ0) is 15.9. The third-order valence-corrected chi connectivity index (χ3v) is 5.40. The Morgan fingerprint density at radius 2 is 1.77 bits per heavy atom. The summed E-state index contributed by atoms with van der Waals surface area (Å²) in [6, 6.07) is 8.41. The van der Waals surface area contributed by atoms with Gasteiger partial charge in [-0.05, 0) is 30.3 Å². The van der Waals surface area contributed by atoms with Gasteiger partial charge in [0.2, 0.25) is 0 Å². The second-order valence-corrected chi connectivity index (χ2v) is 7.44. The molecule has 8 heteroatoms. The molecule has 0 radical (unpaired) electrons. The highest BCUT2D eigenvalue weighted by Crippen LogP contribution is 2.36. The maximum Gasteiger partial charge on any atom is 0.258 e. The lowest BCUT2D eigenvalue weighted by molar-refractivity contribution is 0.102. The first kappa shape index (κ1) is 16.0. The highest BCUT2D eigenvalue weighted by Gasteiger charge is 2.15. The van der Waals surface area contributed by atoms with E-state index in [-0.39, 0.29) is 5.91 Å². The number of anilines is 1. The van der Waals surface area contributed by atoms with Crippen LogP contribution in [0.4, 0.5) is 5.13 Å². The number of nitrogens with zero attached hydrogens (tertiary/aromatic N) is 1. The summed E-state index contributed by atoms with van der Waals surface area (Å²) in [5, 5.41) is 4.51. The number of halogens is 4. The lowest BCUT2D eigenvalue weighted by Crippen LogP contribution is -2.12. The molecule has 0 aliphatic heterocycles. The normalized spacial score (nSPS) is 10.9. The van der Waals surface area contributed by atoms with E-state index >= 15 is 0 Å². The van der Waals surface area contributed by atoms with Crippen molar-refractivity contribution in [3.8, 4) is 0 Å². The quantitative estimate of drug-likeness (QED) is 0.514. The van der Waals surface area contributed by atoms with Crippen LogP contribution in [0.15, 0.2) is 34.8 Å². The van der Waals surface area contributed by atoms with Gasteiger partial charge in [-0.2, -0.15) is 0 Å². The first-order chi connectivity index (χ1) is 10.5. The number of amides is 1. The van der Waals surface area contributed by atoms with Crippen LogP contribution in [0.5, 0.6) is 0 Å². The van der Waals surface area contributed by atoms with Crippen molar-refractivity contribution in [3.63, 3.8) is 0 Å². The van der Waals surface area contributed by atoms with Crippen molar-refractivity contribution in [2.45, 2.75) is 0 Å². The summed E-state index contributed by atoms with van der Waals surface area (Å²) in [5.41, 5.74) is 0.919. The van der Waals surface area contributed by atoms with Gasteiger partial charge in [0.1, 0.15) is 5.52 Å². The minimum absolute atomic E-state index is 0.349.